The smallest absolute Gasteiger partial charge is 0.267 e. The van der Waals surface area contributed by atoms with Gasteiger partial charge in [-0.3, -0.25) is 4.79 Å². The molecule has 0 spiro atoms. The van der Waals surface area contributed by atoms with Gasteiger partial charge in [-0.25, -0.2) is 4.99 Å². The molecule has 0 N–H and O–H groups in total. The lowest BCUT2D eigenvalue weighted by Gasteiger charge is -2.22. The van der Waals surface area contributed by atoms with Gasteiger partial charge < -0.3 is 0 Å². The molecule has 19 heavy (non-hydrogen) atoms. The van der Waals surface area contributed by atoms with Crippen LogP contribution in [0.1, 0.15) is 12.5 Å². The summed E-state index contributed by atoms with van der Waals surface area (Å²) in [5.41, 5.74) is 4.51. The van der Waals surface area contributed by atoms with Crippen molar-refractivity contribution in [3.8, 4) is 0 Å². The zero-order chi connectivity index (χ0) is 13.2. The number of fused-ring (bicyclic) bond motifs is 1. The zero-order valence-electron chi connectivity index (χ0n) is 10.8. The second-order valence-corrected chi connectivity index (χ2v) is 4.98. The molecule has 1 atom stereocenters. The predicted molar refractivity (Wildman–Crippen MR) is 77.1 cm³/mol. The van der Waals surface area contributed by atoms with Gasteiger partial charge >= 0.3 is 0 Å². The molecule has 0 saturated heterocycles. The van der Waals surface area contributed by atoms with E-state index < -0.39 is 0 Å². The van der Waals surface area contributed by atoms with Gasteiger partial charge in [0, 0.05) is 12.0 Å². The third-order valence-electron chi connectivity index (χ3n) is 3.50. The summed E-state index contributed by atoms with van der Waals surface area (Å²) in [6, 6.07) is 10.4. The number of carbonyl (C=O) groups is 1. The van der Waals surface area contributed by atoms with Crippen molar-refractivity contribution < 1.29 is 4.79 Å². The van der Waals surface area contributed by atoms with Crippen molar-refractivity contribution in [2.24, 2.45) is 10.9 Å². The number of hydrogen-bond acceptors (Lipinski definition) is 1. The summed E-state index contributed by atoms with van der Waals surface area (Å²) in [4.78, 5) is 15.4. The van der Waals surface area contributed by atoms with Crippen LogP contribution in [-0.4, -0.2) is 11.6 Å². The second kappa shape index (κ2) is 4.81. The molecule has 1 aliphatic carbocycles. The van der Waals surface area contributed by atoms with Crippen LogP contribution in [0, 0.1) is 5.92 Å². The van der Waals surface area contributed by atoms with Crippen molar-refractivity contribution in [2.45, 2.75) is 13.3 Å². The lowest BCUT2D eigenvalue weighted by atomic mass is 9.85. The molecule has 1 aromatic carbocycles. The third kappa shape index (κ3) is 2.48. The molecule has 1 heterocycles. The molecule has 0 aromatic heterocycles. The SMILES string of the molecule is CC1=CC(=O)N=C2C=CC(Cc3ccccc3)=CC12. The number of allylic oxidation sites excluding steroid dienone is 5. The normalized spacial score (nSPS) is 21.4. The van der Waals surface area contributed by atoms with Gasteiger partial charge in [-0.05, 0) is 30.6 Å². The lowest BCUT2D eigenvalue weighted by Crippen LogP contribution is -2.21. The van der Waals surface area contributed by atoms with E-state index in [0.29, 0.717) is 0 Å². The zero-order valence-corrected chi connectivity index (χ0v) is 10.8. The Kier molecular flexibility index (Phi) is 3.00. The predicted octanol–water partition coefficient (Wildman–Crippen LogP) is 3.27. The highest BCUT2D eigenvalue weighted by atomic mass is 16.1. The van der Waals surface area contributed by atoms with Crippen LogP contribution in [0.15, 0.2) is 70.8 Å². The highest BCUT2D eigenvalue weighted by Crippen LogP contribution is 2.26. The van der Waals surface area contributed by atoms with Crippen LogP contribution in [0.4, 0.5) is 0 Å². The summed E-state index contributed by atoms with van der Waals surface area (Å²) in [5, 5.41) is 0. The van der Waals surface area contributed by atoms with Crippen LogP contribution < -0.4 is 0 Å². The standard InChI is InChI=1S/C17H15NO/c1-12-9-17(19)18-16-8-7-14(11-15(12)16)10-13-5-3-2-4-6-13/h2-9,11,15H,10H2,1H3. The Labute approximate surface area is 112 Å². The molecule has 3 rings (SSSR count). The van der Waals surface area contributed by atoms with E-state index in [1.807, 2.05) is 19.1 Å². The van der Waals surface area contributed by atoms with Crippen LogP contribution in [0.5, 0.6) is 0 Å². The summed E-state index contributed by atoms with van der Waals surface area (Å²) in [6.45, 7) is 1.99. The van der Waals surface area contributed by atoms with Crippen molar-refractivity contribution in [1.29, 1.82) is 0 Å². The molecular formula is C17H15NO. The van der Waals surface area contributed by atoms with Crippen LogP contribution in [0.2, 0.25) is 0 Å². The van der Waals surface area contributed by atoms with E-state index in [9.17, 15) is 4.79 Å². The molecule has 0 saturated carbocycles. The van der Waals surface area contributed by atoms with Gasteiger partial charge in [0.25, 0.3) is 5.91 Å². The first-order chi connectivity index (χ1) is 9.22. The number of carbonyl (C=O) groups excluding carboxylic acids is 1. The number of amides is 1. The molecule has 1 aliphatic heterocycles. The van der Waals surface area contributed by atoms with Crippen molar-refractivity contribution >= 4 is 11.6 Å². The fourth-order valence-electron chi connectivity index (χ4n) is 2.52. The number of benzene rings is 1. The summed E-state index contributed by atoms with van der Waals surface area (Å²) in [6.07, 6.45) is 8.79. The molecule has 0 bridgehead atoms. The lowest BCUT2D eigenvalue weighted by molar-refractivity contribution is -0.113. The van der Waals surface area contributed by atoms with Gasteiger partial charge in [-0.15, -0.1) is 0 Å². The Morgan fingerprint density at radius 1 is 1.16 bits per heavy atom. The number of dihydropyridines is 1. The first-order valence-electron chi connectivity index (χ1n) is 6.46. The molecule has 1 aromatic rings. The Balaban J connectivity index is 1.85. The van der Waals surface area contributed by atoms with Crippen molar-refractivity contribution in [3.05, 3.63) is 71.3 Å². The van der Waals surface area contributed by atoms with E-state index in [1.54, 1.807) is 6.08 Å². The summed E-state index contributed by atoms with van der Waals surface area (Å²) in [7, 11) is 0. The molecule has 0 radical (unpaired) electrons. The first-order valence-corrected chi connectivity index (χ1v) is 6.46. The topological polar surface area (TPSA) is 29.4 Å². The Bertz CT molecular complexity index is 632. The van der Waals surface area contributed by atoms with Gasteiger partial charge in [-0.1, -0.05) is 48.1 Å². The molecule has 0 fully saturated rings. The summed E-state index contributed by atoms with van der Waals surface area (Å²) in [5.74, 6) is 0.0229. The molecule has 2 nitrogen and oxygen atoms in total. The third-order valence-corrected chi connectivity index (χ3v) is 3.50. The molecule has 2 aliphatic rings. The molecule has 2 heteroatoms. The average molecular weight is 249 g/mol. The Hall–Kier alpha value is -2.22. The average Bonchev–Trinajstić information content (AvgIpc) is 2.40. The van der Waals surface area contributed by atoms with Crippen LogP contribution >= 0.6 is 0 Å². The minimum absolute atomic E-state index is 0.145. The molecule has 1 amide bonds. The summed E-state index contributed by atoms with van der Waals surface area (Å²) >= 11 is 0. The number of rotatable bonds is 2. The van der Waals surface area contributed by atoms with Crippen molar-refractivity contribution in [3.63, 3.8) is 0 Å². The fraction of sp³-hybridized carbons (Fsp3) is 0.176. The maximum atomic E-state index is 11.4. The monoisotopic (exact) mass is 249 g/mol. The van der Waals surface area contributed by atoms with Gasteiger partial charge in [0.15, 0.2) is 0 Å². The number of hydrogen-bond donors (Lipinski definition) is 0. The van der Waals surface area contributed by atoms with Gasteiger partial charge in [-0.2, -0.15) is 0 Å². The van der Waals surface area contributed by atoms with Gasteiger partial charge in [0.2, 0.25) is 0 Å². The van der Waals surface area contributed by atoms with Gasteiger partial charge in [0.1, 0.15) is 0 Å². The van der Waals surface area contributed by atoms with Crippen molar-refractivity contribution in [2.75, 3.05) is 0 Å². The first kappa shape index (κ1) is 11.8. The van der Waals surface area contributed by atoms with Crippen molar-refractivity contribution in [1.82, 2.24) is 0 Å². The maximum Gasteiger partial charge on any atom is 0.269 e. The quantitative estimate of drug-likeness (QED) is 0.791. The van der Waals surface area contributed by atoms with E-state index in [1.165, 1.54) is 11.1 Å². The highest BCUT2D eigenvalue weighted by Gasteiger charge is 2.22. The minimum atomic E-state index is -0.145. The van der Waals surface area contributed by atoms with E-state index in [2.05, 4.69) is 41.4 Å². The van der Waals surface area contributed by atoms with Crippen LogP contribution in [-0.2, 0) is 11.2 Å². The van der Waals surface area contributed by atoms with E-state index in [0.717, 1.165) is 17.7 Å². The number of nitrogens with zero attached hydrogens (tertiary/aromatic N) is 1. The van der Waals surface area contributed by atoms with E-state index in [-0.39, 0.29) is 11.8 Å². The van der Waals surface area contributed by atoms with Gasteiger partial charge in [0.05, 0.1) is 5.71 Å². The highest BCUT2D eigenvalue weighted by molar-refractivity contribution is 6.12. The van der Waals surface area contributed by atoms with E-state index in [4.69, 9.17) is 0 Å². The summed E-state index contributed by atoms with van der Waals surface area (Å²) < 4.78 is 0. The fourth-order valence-corrected chi connectivity index (χ4v) is 2.52. The Morgan fingerprint density at radius 2 is 1.95 bits per heavy atom. The maximum absolute atomic E-state index is 11.4. The Morgan fingerprint density at radius 3 is 2.74 bits per heavy atom. The molecule has 94 valence electrons. The largest absolute Gasteiger partial charge is 0.269 e. The molecular weight excluding hydrogens is 234 g/mol. The van der Waals surface area contributed by atoms with Crippen LogP contribution in [0.25, 0.3) is 0 Å². The molecule has 1 unspecified atom stereocenters. The minimum Gasteiger partial charge on any atom is -0.267 e. The number of aliphatic imine (C=N–C) groups is 1. The second-order valence-electron chi connectivity index (χ2n) is 4.98. The van der Waals surface area contributed by atoms with Crippen LogP contribution in [0.3, 0.4) is 0 Å². The van der Waals surface area contributed by atoms with E-state index >= 15 is 0 Å².